The third-order valence-electron chi connectivity index (χ3n) is 6.10. The Morgan fingerprint density at radius 3 is 2.30 bits per heavy atom. The van der Waals surface area contributed by atoms with Gasteiger partial charge >= 0.3 is 5.97 Å². The molecule has 0 atom stereocenters. The molecule has 0 radical (unpaired) electrons. The van der Waals surface area contributed by atoms with Crippen LogP contribution in [0.3, 0.4) is 0 Å². The van der Waals surface area contributed by atoms with Crippen molar-refractivity contribution in [1.82, 2.24) is 9.21 Å². The largest absolute Gasteiger partial charge is 0.489 e. The molecule has 7 nitrogen and oxygen atoms in total. The molecule has 0 spiro atoms. The standard InChI is InChI=1S/C28H29ClN2O5S/c29-26-9-6-23(7-10-26)21-36-27-11-8-24(19-28(32)33)18-25(27)20-30-13-15-31(16-14-30)37(34,35)17-12-22-4-2-1-3-5-22/h1-12,17-18H,13-16,19-21H2,(H,32,33). The van der Waals surface area contributed by atoms with Crippen LogP contribution < -0.4 is 4.74 Å². The van der Waals surface area contributed by atoms with E-state index in [-0.39, 0.29) is 6.42 Å². The van der Waals surface area contributed by atoms with Gasteiger partial charge in [0, 0.05) is 48.7 Å². The van der Waals surface area contributed by atoms with Crippen LogP contribution in [0.5, 0.6) is 5.75 Å². The lowest BCUT2D eigenvalue weighted by molar-refractivity contribution is -0.136. The highest BCUT2D eigenvalue weighted by Gasteiger charge is 2.25. The maximum absolute atomic E-state index is 12.8. The van der Waals surface area contributed by atoms with Gasteiger partial charge in [0.05, 0.1) is 6.42 Å². The molecule has 0 amide bonds. The first kappa shape index (κ1) is 26.9. The summed E-state index contributed by atoms with van der Waals surface area (Å²) in [5.41, 5.74) is 3.35. The molecule has 1 saturated heterocycles. The van der Waals surface area contributed by atoms with Crippen molar-refractivity contribution in [2.24, 2.45) is 0 Å². The molecule has 37 heavy (non-hydrogen) atoms. The fourth-order valence-corrected chi connectivity index (χ4v) is 5.42. The van der Waals surface area contributed by atoms with Gasteiger partial charge < -0.3 is 9.84 Å². The summed E-state index contributed by atoms with van der Waals surface area (Å²) in [5.74, 6) is -0.229. The minimum atomic E-state index is -3.52. The molecule has 1 N–H and O–H groups in total. The molecule has 0 aliphatic carbocycles. The number of carbonyl (C=O) groups is 1. The van der Waals surface area contributed by atoms with Crippen LogP contribution in [0.2, 0.25) is 5.02 Å². The molecular formula is C28H29ClN2O5S. The van der Waals surface area contributed by atoms with Crippen LogP contribution in [0.1, 0.15) is 22.3 Å². The molecule has 3 aromatic rings. The monoisotopic (exact) mass is 540 g/mol. The van der Waals surface area contributed by atoms with Crippen molar-refractivity contribution >= 4 is 33.7 Å². The van der Waals surface area contributed by atoms with Gasteiger partial charge in [-0.05, 0) is 41.0 Å². The van der Waals surface area contributed by atoms with Gasteiger partial charge in [0.15, 0.2) is 0 Å². The van der Waals surface area contributed by atoms with Crippen molar-refractivity contribution < 1.29 is 23.1 Å². The zero-order chi connectivity index (χ0) is 26.3. The number of ether oxygens (including phenoxy) is 1. The first-order valence-corrected chi connectivity index (χ1v) is 13.8. The van der Waals surface area contributed by atoms with Gasteiger partial charge in [-0.3, -0.25) is 9.69 Å². The molecular weight excluding hydrogens is 512 g/mol. The number of nitrogens with zero attached hydrogens (tertiary/aromatic N) is 2. The Balaban J connectivity index is 1.41. The fourth-order valence-electron chi connectivity index (χ4n) is 4.12. The molecule has 0 saturated carbocycles. The molecule has 0 bridgehead atoms. The number of carboxylic acid groups (broad SMARTS) is 1. The quantitative estimate of drug-likeness (QED) is 0.402. The Morgan fingerprint density at radius 1 is 0.946 bits per heavy atom. The second-order valence-corrected chi connectivity index (χ2v) is 11.1. The second-order valence-electron chi connectivity index (χ2n) is 8.86. The maximum atomic E-state index is 12.8. The van der Waals surface area contributed by atoms with Crippen LogP contribution >= 0.6 is 11.6 Å². The van der Waals surface area contributed by atoms with E-state index in [0.29, 0.717) is 55.7 Å². The van der Waals surface area contributed by atoms with Crippen molar-refractivity contribution in [3.63, 3.8) is 0 Å². The number of aliphatic carboxylic acids is 1. The molecule has 1 heterocycles. The van der Waals surface area contributed by atoms with Gasteiger partial charge in [0.25, 0.3) is 0 Å². The average molecular weight is 541 g/mol. The number of halogens is 1. The molecule has 3 aromatic carbocycles. The Kier molecular flexibility index (Phi) is 9.00. The summed E-state index contributed by atoms with van der Waals surface area (Å²) in [6, 6.07) is 22.2. The first-order valence-electron chi connectivity index (χ1n) is 11.9. The van der Waals surface area contributed by atoms with Gasteiger partial charge in [-0.15, -0.1) is 0 Å². The topological polar surface area (TPSA) is 87.2 Å². The molecule has 0 unspecified atom stereocenters. The van der Waals surface area contributed by atoms with E-state index in [9.17, 15) is 18.3 Å². The van der Waals surface area contributed by atoms with Crippen molar-refractivity contribution in [3.8, 4) is 5.75 Å². The van der Waals surface area contributed by atoms with E-state index in [4.69, 9.17) is 16.3 Å². The molecule has 0 aromatic heterocycles. The Labute approximate surface area is 222 Å². The van der Waals surface area contributed by atoms with E-state index >= 15 is 0 Å². The maximum Gasteiger partial charge on any atom is 0.307 e. The van der Waals surface area contributed by atoms with Crippen molar-refractivity contribution in [1.29, 1.82) is 0 Å². The van der Waals surface area contributed by atoms with Crippen molar-refractivity contribution in [3.05, 3.63) is 105 Å². The zero-order valence-electron chi connectivity index (χ0n) is 20.3. The van der Waals surface area contributed by atoms with Crippen molar-refractivity contribution in [2.75, 3.05) is 26.2 Å². The van der Waals surface area contributed by atoms with Crippen LogP contribution in [-0.2, 0) is 34.4 Å². The van der Waals surface area contributed by atoms with Crippen LogP contribution in [-0.4, -0.2) is 54.9 Å². The Morgan fingerprint density at radius 2 is 1.62 bits per heavy atom. The van der Waals surface area contributed by atoms with E-state index in [1.165, 1.54) is 9.71 Å². The summed E-state index contributed by atoms with van der Waals surface area (Å²) in [6.45, 7) is 2.73. The van der Waals surface area contributed by atoms with Gasteiger partial charge in [-0.1, -0.05) is 66.2 Å². The molecule has 9 heteroatoms. The third-order valence-corrected chi connectivity index (χ3v) is 7.92. The summed E-state index contributed by atoms with van der Waals surface area (Å²) < 4.78 is 33.2. The van der Waals surface area contributed by atoms with Gasteiger partial charge in [0.2, 0.25) is 10.0 Å². The molecule has 1 fully saturated rings. The number of hydrogen-bond acceptors (Lipinski definition) is 5. The summed E-state index contributed by atoms with van der Waals surface area (Å²) in [6.07, 6.45) is 1.53. The predicted octanol–water partition coefficient (Wildman–Crippen LogP) is 4.66. The molecule has 194 valence electrons. The number of sulfonamides is 1. The minimum absolute atomic E-state index is 0.0791. The first-order chi connectivity index (χ1) is 17.8. The van der Waals surface area contributed by atoms with E-state index in [1.807, 2.05) is 48.5 Å². The number of hydrogen-bond donors (Lipinski definition) is 1. The summed E-state index contributed by atoms with van der Waals surface area (Å²) >= 11 is 5.97. The molecule has 4 rings (SSSR count). The lowest BCUT2D eigenvalue weighted by Gasteiger charge is -2.33. The lowest BCUT2D eigenvalue weighted by Crippen LogP contribution is -2.47. The molecule has 1 aliphatic heterocycles. The van der Waals surface area contributed by atoms with E-state index in [0.717, 1.165) is 16.7 Å². The van der Waals surface area contributed by atoms with Crippen LogP contribution in [0.25, 0.3) is 6.08 Å². The van der Waals surface area contributed by atoms with Crippen LogP contribution in [0, 0.1) is 0 Å². The summed E-state index contributed by atoms with van der Waals surface area (Å²) in [4.78, 5) is 13.4. The number of benzene rings is 3. The normalized spacial score (nSPS) is 15.2. The number of carboxylic acids is 1. The zero-order valence-corrected chi connectivity index (χ0v) is 21.9. The number of rotatable bonds is 10. The highest BCUT2D eigenvalue weighted by molar-refractivity contribution is 7.92. The predicted molar refractivity (Wildman–Crippen MR) is 145 cm³/mol. The average Bonchev–Trinajstić information content (AvgIpc) is 2.89. The summed E-state index contributed by atoms with van der Waals surface area (Å²) in [7, 11) is -3.52. The highest BCUT2D eigenvalue weighted by Crippen LogP contribution is 2.25. The fraction of sp³-hybridized carbons (Fsp3) is 0.250. The lowest BCUT2D eigenvalue weighted by atomic mass is 10.1. The van der Waals surface area contributed by atoms with E-state index in [2.05, 4.69) is 4.90 Å². The second kappa shape index (κ2) is 12.4. The third kappa shape index (κ3) is 7.90. The minimum Gasteiger partial charge on any atom is -0.489 e. The van der Waals surface area contributed by atoms with Gasteiger partial charge in [-0.2, -0.15) is 4.31 Å². The van der Waals surface area contributed by atoms with Crippen LogP contribution in [0.15, 0.2) is 78.2 Å². The number of piperazine rings is 1. The van der Waals surface area contributed by atoms with Gasteiger partial charge in [-0.25, -0.2) is 8.42 Å². The van der Waals surface area contributed by atoms with E-state index in [1.54, 1.807) is 30.3 Å². The Bertz CT molecular complexity index is 1340. The SMILES string of the molecule is O=C(O)Cc1ccc(OCc2ccc(Cl)cc2)c(CN2CCN(S(=O)(=O)C=Cc3ccccc3)CC2)c1. The van der Waals surface area contributed by atoms with Crippen molar-refractivity contribution in [2.45, 2.75) is 19.6 Å². The summed E-state index contributed by atoms with van der Waals surface area (Å²) in [5, 5.41) is 11.1. The van der Waals surface area contributed by atoms with Gasteiger partial charge in [0.1, 0.15) is 12.4 Å². The Hall–Kier alpha value is -3.17. The van der Waals surface area contributed by atoms with E-state index < -0.39 is 16.0 Å². The smallest absolute Gasteiger partial charge is 0.307 e. The molecule has 1 aliphatic rings. The van der Waals surface area contributed by atoms with Crippen LogP contribution in [0.4, 0.5) is 0 Å². The highest BCUT2D eigenvalue weighted by atomic mass is 35.5.